The molecule has 7 heteroatoms. The van der Waals surface area contributed by atoms with Crippen molar-refractivity contribution in [2.24, 2.45) is 5.92 Å². The summed E-state index contributed by atoms with van der Waals surface area (Å²) in [6.07, 6.45) is 1.03. The molecule has 1 fully saturated rings. The van der Waals surface area contributed by atoms with Crippen molar-refractivity contribution in [2.75, 3.05) is 30.3 Å². The molecule has 0 radical (unpaired) electrons. The summed E-state index contributed by atoms with van der Waals surface area (Å²) in [5, 5.41) is 5.58. The van der Waals surface area contributed by atoms with Gasteiger partial charge in [0.25, 0.3) is 5.91 Å². The molecular formula is C23H27N3O4. The van der Waals surface area contributed by atoms with E-state index >= 15 is 0 Å². The number of esters is 1. The first-order valence-corrected chi connectivity index (χ1v) is 10.1. The molecular weight excluding hydrogens is 382 g/mol. The van der Waals surface area contributed by atoms with Crippen LogP contribution in [0.15, 0.2) is 48.5 Å². The second-order valence-corrected chi connectivity index (χ2v) is 7.51. The topological polar surface area (TPSA) is 87.7 Å². The highest BCUT2D eigenvalue weighted by molar-refractivity contribution is 5.93. The van der Waals surface area contributed by atoms with Crippen molar-refractivity contribution in [1.29, 1.82) is 0 Å². The van der Waals surface area contributed by atoms with Crippen LogP contribution in [0.3, 0.4) is 0 Å². The SMILES string of the molecule is Cc1ccc(NC(=O)COC(=O)C2CCN(C(=O)Nc3ccccc3)CC2)cc1C. The van der Waals surface area contributed by atoms with Gasteiger partial charge in [0.1, 0.15) is 0 Å². The van der Waals surface area contributed by atoms with Gasteiger partial charge in [0, 0.05) is 24.5 Å². The number of benzene rings is 2. The molecule has 1 aliphatic heterocycles. The molecule has 2 aromatic rings. The number of para-hydroxylation sites is 1. The number of hydrogen-bond acceptors (Lipinski definition) is 4. The number of piperidine rings is 1. The number of ether oxygens (including phenoxy) is 1. The molecule has 0 spiro atoms. The monoisotopic (exact) mass is 409 g/mol. The van der Waals surface area contributed by atoms with E-state index in [1.54, 1.807) is 4.90 Å². The van der Waals surface area contributed by atoms with Crippen molar-refractivity contribution in [3.63, 3.8) is 0 Å². The van der Waals surface area contributed by atoms with Gasteiger partial charge in [0.05, 0.1) is 5.92 Å². The van der Waals surface area contributed by atoms with Crippen LogP contribution in [-0.2, 0) is 14.3 Å². The van der Waals surface area contributed by atoms with Crippen LogP contribution in [-0.4, -0.2) is 42.5 Å². The summed E-state index contributed by atoms with van der Waals surface area (Å²) in [6, 6.07) is 14.7. The second-order valence-electron chi connectivity index (χ2n) is 7.51. The van der Waals surface area contributed by atoms with E-state index in [-0.39, 0.29) is 24.5 Å². The second kappa shape index (κ2) is 9.91. The Morgan fingerprint density at radius 1 is 0.933 bits per heavy atom. The number of carbonyl (C=O) groups excluding carboxylic acids is 3. The predicted octanol–water partition coefficient (Wildman–Crippen LogP) is 3.73. The Morgan fingerprint density at radius 3 is 2.30 bits per heavy atom. The summed E-state index contributed by atoms with van der Waals surface area (Å²) in [4.78, 5) is 38.4. The third-order valence-corrected chi connectivity index (χ3v) is 5.28. The summed E-state index contributed by atoms with van der Waals surface area (Å²) in [6.45, 7) is 4.58. The molecule has 30 heavy (non-hydrogen) atoms. The summed E-state index contributed by atoms with van der Waals surface area (Å²) < 4.78 is 5.19. The van der Waals surface area contributed by atoms with E-state index in [2.05, 4.69) is 10.6 Å². The highest BCUT2D eigenvalue weighted by Crippen LogP contribution is 2.20. The van der Waals surface area contributed by atoms with Crippen LogP contribution in [0.1, 0.15) is 24.0 Å². The quantitative estimate of drug-likeness (QED) is 0.737. The summed E-state index contributed by atoms with van der Waals surface area (Å²) in [5.41, 5.74) is 3.63. The minimum Gasteiger partial charge on any atom is -0.455 e. The van der Waals surface area contributed by atoms with E-state index in [1.807, 2.05) is 62.4 Å². The number of rotatable bonds is 5. The largest absolute Gasteiger partial charge is 0.455 e. The van der Waals surface area contributed by atoms with Crippen LogP contribution in [0, 0.1) is 19.8 Å². The highest BCUT2D eigenvalue weighted by atomic mass is 16.5. The van der Waals surface area contributed by atoms with Crippen molar-refractivity contribution in [2.45, 2.75) is 26.7 Å². The van der Waals surface area contributed by atoms with Gasteiger partial charge in [-0.3, -0.25) is 9.59 Å². The molecule has 0 bridgehead atoms. The van der Waals surface area contributed by atoms with Crippen LogP contribution in [0.2, 0.25) is 0 Å². The fraction of sp³-hybridized carbons (Fsp3) is 0.348. The van der Waals surface area contributed by atoms with Gasteiger partial charge in [-0.2, -0.15) is 0 Å². The first-order chi connectivity index (χ1) is 14.4. The van der Waals surface area contributed by atoms with E-state index in [9.17, 15) is 14.4 Å². The Kier molecular flexibility index (Phi) is 7.06. The fourth-order valence-corrected chi connectivity index (χ4v) is 3.31. The fourth-order valence-electron chi connectivity index (χ4n) is 3.31. The van der Waals surface area contributed by atoms with Crippen LogP contribution in [0.25, 0.3) is 0 Å². The molecule has 158 valence electrons. The van der Waals surface area contributed by atoms with Gasteiger partial charge in [-0.1, -0.05) is 24.3 Å². The van der Waals surface area contributed by atoms with Gasteiger partial charge in [0.2, 0.25) is 0 Å². The van der Waals surface area contributed by atoms with Gasteiger partial charge in [0.15, 0.2) is 6.61 Å². The minimum absolute atomic E-state index is 0.180. The van der Waals surface area contributed by atoms with Crippen molar-refractivity contribution in [3.8, 4) is 0 Å². The molecule has 1 saturated heterocycles. The van der Waals surface area contributed by atoms with Crippen LogP contribution in [0.4, 0.5) is 16.2 Å². The zero-order valence-electron chi connectivity index (χ0n) is 17.3. The number of anilines is 2. The van der Waals surface area contributed by atoms with E-state index in [0.29, 0.717) is 31.6 Å². The predicted molar refractivity (Wildman–Crippen MR) is 115 cm³/mol. The standard InChI is InChI=1S/C23H27N3O4/c1-16-8-9-20(14-17(16)2)24-21(27)15-30-22(28)18-10-12-26(13-11-18)23(29)25-19-6-4-3-5-7-19/h3-9,14,18H,10-13,15H2,1-2H3,(H,24,27)(H,25,29). The number of nitrogens with one attached hydrogen (secondary N) is 2. The third-order valence-electron chi connectivity index (χ3n) is 5.28. The summed E-state index contributed by atoms with van der Waals surface area (Å²) >= 11 is 0. The lowest BCUT2D eigenvalue weighted by molar-refractivity contribution is -0.152. The van der Waals surface area contributed by atoms with E-state index < -0.39 is 5.97 Å². The number of urea groups is 1. The molecule has 7 nitrogen and oxygen atoms in total. The first kappa shape index (κ1) is 21.4. The lowest BCUT2D eigenvalue weighted by Crippen LogP contribution is -2.43. The molecule has 0 aliphatic carbocycles. The molecule has 0 aromatic heterocycles. The summed E-state index contributed by atoms with van der Waals surface area (Å²) in [5.74, 6) is -1.07. The van der Waals surface area contributed by atoms with Gasteiger partial charge in [-0.25, -0.2) is 4.79 Å². The smallest absolute Gasteiger partial charge is 0.321 e. The maximum absolute atomic E-state index is 12.3. The first-order valence-electron chi connectivity index (χ1n) is 10.1. The molecule has 0 unspecified atom stereocenters. The van der Waals surface area contributed by atoms with Crippen LogP contribution in [0.5, 0.6) is 0 Å². The highest BCUT2D eigenvalue weighted by Gasteiger charge is 2.28. The molecule has 0 atom stereocenters. The minimum atomic E-state index is -0.395. The average Bonchev–Trinajstić information content (AvgIpc) is 2.75. The molecule has 3 amide bonds. The molecule has 0 saturated carbocycles. The third kappa shape index (κ3) is 5.83. The number of carbonyl (C=O) groups is 3. The molecule has 1 heterocycles. The van der Waals surface area contributed by atoms with Gasteiger partial charge in [-0.15, -0.1) is 0 Å². The Labute approximate surface area is 176 Å². The number of amides is 3. The number of hydrogen-bond donors (Lipinski definition) is 2. The van der Waals surface area contributed by atoms with Crippen molar-refractivity contribution in [1.82, 2.24) is 4.90 Å². The number of aryl methyl sites for hydroxylation is 2. The molecule has 2 N–H and O–H groups in total. The molecule has 3 rings (SSSR count). The normalized spacial score (nSPS) is 14.1. The zero-order chi connectivity index (χ0) is 21.5. The maximum Gasteiger partial charge on any atom is 0.321 e. The van der Waals surface area contributed by atoms with Gasteiger partial charge < -0.3 is 20.3 Å². The molecule has 1 aliphatic rings. The van der Waals surface area contributed by atoms with E-state index in [0.717, 1.165) is 16.8 Å². The van der Waals surface area contributed by atoms with Crippen LogP contribution >= 0.6 is 0 Å². The summed E-state index contributed by atoms with van der Waals surface area (Å²) in [7, 11) is 0. The van der Waals surface area contributed by atoms with Crippen LogP contribution < -0.4 is 10.6 Å². The number of likely N-dealkylation sites (tertiary alicyclic amines) is 1. The average molecular weight is 409 g/mol. The Balaban J connectivity index is 1.40. The Hall–Kier alpha value is -3.35. The maximum atomic E-state index is 12.3. The van der Waals surface area contributed by atoms with Crippen molar-refractivity contribution in [3.05, 3.63) is 59.7 Å². The van der Waals surface area contributed by atoms with Gasteiger partial charge >= 0.3 is 12.0 Å². The van der Waals surface area contributed by atoms with E-state index in [4.69, 9.17) is 4.74 Å². The van der Waals surface area contributed by atoms with Gasteiger partial charge in [-0.05, 0) is 62.1 Å². The molecule has 2 aromatic carbocycles. The Morgan fingerprint density at radius 2 is 1.63 bits per heavy atom. The van der Waals surface area contributed by atoms with Crippen molar-refractivity contribution >= 4 is 29.3 Å². The zero-order valence-corrected chi connectivity index (χ0v) is 17.3. The Bertz CT molecular complexity index is 906. The van der Waals surface area contributed by atoms with Crippen molar-refractivity contribution < 1.29 is 19.1 Å². The number of nitrogens with zero attached hydrogens (tertiary/aromatic N) is 1. The van der Waals surface area contributed by atoms with E-state index in [1.165, 1.54) is 0 Å². The lowest BCUT2D eigenvalue weighted by atomic mass is 9.97. The lowest BCUT2D eigenvalue weighted by Gasteiger charge is -2.30.